The summed E-state index contributed by atoms with van der Waals surface area (Å²) in [6.07, 6.45) is 19.2. The Hall–Kier alpha value is -1.37. The highest BCUT2D eigenvalue weighted by molar-refractivity contribution is 5.17. The minimum absolute atomic E-state index is 0.368. The number of hydrogen-bond acceptors (Lipinski definition) is 3. The van der Waals surface area contributed by atoms with E-state index in [-0.39, 0.29) is 5.54 Å². The van der Waals surface area contributed by atoms with Crippen LogP contribution in [-0.2, 0) is 5.54 Å². The highest BCUT2D eigenvalue weighted by atomic mass is 15.5. The van der Waals surface area contributed by atoms with Crippen LogP contribution in [0.15, 0.2) is 6.20 Å². The predicted octanol–water partition coefficient (Wildman–Crippen LogP) is 4.93. The Kier molecular flexibility index (Phi) is 4.61. The van der Waals surface area contributed by atoms with Gasteiger partial charge in [0.05, 0.1) is 18.0 Å². The second-order valence-corrected chi connectivity index (χ2v) is 8.48. The van der Waals surface area contributed by atoms with E-state index in [1.54, 1.807) is 0 Å². The maximum Gasteiger partial charge on any atom is 0.150 e. The van der Waals surface area contributed by atoms with Crippen LogP contribution in [0.2, 0.25) is 0 Å². The molecule has 1 heterocycles. The van der Waals surface area contributed by atoms with Gasteiger partial charge in [-0.2, -0.15) is 5.26 Å². The summed E-state index contributed by atoms with van der Waals surface area (Å²) in [7, 11) is 0. The van der Waals surface area contributed by atoms with Crippen LogP contribution in [0.3, 0.4) is 0 Å². The Balaban J connectivity index is 1.53. The van der Waals surface area contributed by atoms with E-state index < -0.39 is 0 Å². The van der Waals surface area contributed by atoms with Gasteiger partial charge in [-0.3, -0.25) is 0 Å². The van der Waals surface area contributed by atoms with Gasteiger partial charge >= 0.3 is 0 Å². The molecule has 3 saturated carbocycles. The fraction of sp³-hybridized carbons (Fsp3) is 0.850. The quantitative estimate of drug-likeness (QED) is 0.771. The molecule has 0 spiro atoms. The molecule has 3 fully saturated rings. The predicted molar refractivity (Wildman–Crippen MR) is 93.4 cm³/mol. The van der Waals surface area contributed by atoms with E-state index in [0.29, 0.717) is 5.92 Å². The summed E-state index contributed by atoms with van der Waals surface area (Å²) < 4.78 is 1.87. The lowest BCUT2D eigenvalue weighted by Crippen LogP contribution is -2.21. The molecule has 1 atom stereocenters. The summed E-state index contributed by atoms with van der Waals surface area (Å²) in [5.74, 6) is 2.22. The summed E-state index contributed by atoms with van der Waals surface area (Å²) >= 11 is 0. The number of aromatic nitrogens is 3. The van der Waals surface area contributed by atoms with Gasteiger partial charge in [-0.1, -0.05) is 56.6 Å². The largest absolute Gasteiger partial charge is 0.232 e. The molecule has 3 aliphatic carbocycles. The summed E-state index contributed by atoms with van der Waals surface area (Å²) in [5, 5.41) is 18.4. The fourth-order valence-corrected chi connectivity index (χ4v) is 5.04. The van der Waals surface area contributed by atoms with Gasteiger partial charge in [0.2, 0.25) is 0 Å². The van der Waals surface area contributed by atoms with Crippen LogP contribution >= 0.6 is 0 Å². The molecule has 4 rings (SSSR count). The van der Waals surface area contributed by atoms with E-state index in [2.05, 4.69) is 22.6 Å². The third-order valence-corrected chi connectivity index (χ3v) is 6.79. The van der Waals surface area contributed by atoms with Crippen LogP contribution in [0.4, 0.5) is 0 Å². The summed E-state index contributed by atoms with van der Waals surface area (Å²) in [5.41, 5.74) is 0.807. The van der Waals surface area contributed by atoms with Gasteiger partial charge in [0, 0.05) is 5.92 Å². The third kappa shape index (κ3) is 3.23. The Labute approximate surface area is 145 Å². The monoisotopic (exact) mass is 326 g/mol. The maximum absolute atomic E-state index is 9.43. The van der Waals surface area contributed by atoms with E-state index in [1.165, 1.54) is 76.3 Å². The van der Waals surface area contributed by atoms with E-state index in [9.17, 15) is 5.26 Å². The van der Waals surface area contributed by atoms with Crippen molar-refractivity contribution in [2.75, 3.05) is 0 Å². The van der Waals surface area contributed by atoms with Crippen molar-refractivity contribution in [3.63, 3.8) is 0 Å². The standard InChI is InChI=1S/C20H30N4/c21-15-20(11-12-20)24-14-19(22-23-24)18(17-9-5-2-6-10-17)13-16-7-3-1-4-8-16/h14,16-18H,1-13H2/t18-/m0/s1. The number of nitrogens with zero attached hydrogens (tertiary/aromatic N) is 4. The second kappa shape index (κ2) is 6.86. The summed E-state index contributed by atoms with van der Waals surface area (Å²) in [4.78, 5) is 0. The molecule has 3 aliphatic rings. The lowest BCUT2D eigenvalue weighted by molar-refractivity contribution is 0.237. The summed E-state index contributed by atoms with van der Waals surface area (Å²) in [6.45, 7) is 0. The van der Waals surface area contributed by atoms with Crippen molar-refractivity contribution < 1.29 is 0 Å². The molecule has 0 N–H and O–H groups in total. The zero-order valence-electron chi connectivity index (χ0n) is 14.8. The number of hydrogen-bond donors (Lipinski definition) is 0. The molecular formula is C20H30N4. The first-order valence-electron chi connectivity index (χ1n) is 10.1. The van der Waals surface area contributed by atoms with Gasteiger partial charge in [0.25, 0.3) is 0 Å². The van der Waals surface area contributed by atoms with Crippen molar-refractivity contribution in [2.45, 2.75) is 94.9 Å². The minimum atomic E-state index is -0.368. The van der Waals surface area contributed by atoms with Gasteiger partial charge < -0.3 is 0 Å². The molecule has 24 heavy (non-hydrogen) atoms. The highest BCUT2D eigenvalue weighted by Gasteiger charge is 2.47. The average Bonchev–Trinajstić information content (AvgIpc) is 3.30. The molecule has 4 heteroatoms. The summed E-state index contributed by atoms with van der Waals surface area (Å²) in [6, 6.07) is 2.44. The highest BCUT2D eigenvalue weighted by Crippen LogP contribution is 2.45. The molecule has 0 amide bonds. The molecule has 0 aromatic carbocycles. The van der Waals surface area contributed by atoms with Gasteiger partial charge in [0.15, 0.2) is 5.54 Å². The maximum atomic E-state index is 9.43. The topological polar surface area (TPSA) is 54.5 Å². The Bertz CT molecular complexity index is 583. The Morgan fingerprint density at radius 3 is 2.38 bits per heavy atom. The normalized spacial score (nSPS) is 26.0. The third-order valence-electron chi connectivity index (χ3n) is 6.79. The van der Waals surface area contributed by atoms with E-state index in [1.807, 2.05) is 4.68 Å². The SMILES string of the molecule is N#CC1(n2cc([C@@H](CC3CCCCC3)C3CCCCC3)nn2)CC1. The van der Waals surface area contributed by atoms with E-state index in [0.717, 1.165) is 24.7 Å². The second-order valence-electron chi connectivity index (χ2n) is 8.48. The van der Waals surface area contributed by atoms with Crippen molar-refractivity contribution in [3.8, 4) is 6.07 Å². The van der Waals surface area contributed by atoms with Gasteiger partial charge in [-0.25, -0.2) is 4.68 Å². The van der Waals surface area contributed by atoms with Crippen molar-refractivity contribution in [2.24, 2.45) is 11.8 Å². The van der Waals surface area contributed by atoms with Crippen molar-refractivity contribution in [1.29, 1.82) is 5.26 Å². The number of rotatable bonds is 5. The first-order chi connectivity index (χ1) is 11.8. The first kappa shape index (κ1) is 16.1. The van der Waals surface area contributed by atoms with Crippen LogP contribution in [0.1, 0.15) is 95.1 Å². The van der Waals surface area contributed by atoms with Crippen LogP contribution in [-0.4, -0.2) is 15.0 Å². The smallest absolute Gasteiger partial charge is 0.150 e. The van der Waals surface area contributed by atoms with Gasteiger partial charge in [0.1, 0.15) is 0 Å². The fourth-order valence-electron chi connectivity index (χ4n) is 5.04. The molecule has 1 aromatic heterocycles. The van der Waals surface area contributed by atoms with Crippen molar-refractivity contribution >= 4 is 0 Å². The molecular weight excluding hydrogens is 296 g/mol. The van der Waals surface area contributed by atoms with Crippen LogP contribution in [0.25, 0.3) is 0 Å². The molecule has 0 saturated heterocycles. The lowest BCUT2D eigenvalue weighted by atomic mass is 9.72. The molecule has 4 nitrogen and oxygen atoms in total. The van der Waals surface area contributed by atoms with Crippen molar-refractivity contribution in [1.82, 2.24) is 15.0 Å². The molecule has 0 aliphatic heterocycles. The minimum Gasteiger partial charge on any atom is -0.232 e. The van der Waals surface area contributed by atoms with Crippen LogP contribution in [0.5, 0.6) is 0 Å². The van der Waals surface area contributed by atoms with Crippen molar-refractivity contribution in [3.05, 3.63) is 11.9 Å². The molecule has 0 unspecified atom stereocenters. The Morgan fingerprint density at radius 2 is 1.75 bits per heavy atom. The number of nitriles is 1. The Morgan fingerprint density at radius 1 is 1.08 bits per heavy atom. The van der Waals surface area contributed by atoms with Crippen LogP contribution < -0.4 is 0 Å². The molecule has 130 valence electrons. The molecule has 0 bridgehead atoms. The molecule has 1 aromatic rings. The zero-order chi connectivity index (χ0) is 16.4. The van der Waals surface area contributed by atoms with Crippen LogP contribution in [0, 0.1) is 23.2 Å². The lowest BCUT2D eigenvalue weighted by Gasteiger charge is -2.33. The van der Waals surface area contributed by atoms with E-state index >= 15 is 0 Å². The van der Waals surface area contributed by atoms with Gasteiger partial charge in [-0.05, 0) is 43.9 Å². The van der Waals surface area contributed by atoms with E-state index in [4.69, 9.17) is 0 Å². The average molecular weight is 326 g/mol. The molecule has 0 radical (unpaired) electrons. The van der Waals surface area contributed by atoms with Gasteiger partial charge in [-0.15, -0.1) is 5.10 Å². The zero-order valence-corrected chi connectivity index (χ0v) is 14.8. The first-order valence-corrected chi connectivity index (χ1v) is 10.1.